The second-order valence-electron chi connectivity index (χ2n) is 6.57. The van der Waals surface area contributed by atoms with Crippen molar-refractivity contribution in [2.75, 3.05) is 24.6 Å². The van der Waals surface area contributed by atoms with E-state index < -0.39 is 36.8 Å². The van der Waals surface area contributed by atoms with Crippen LogP contribution in [0.15, 0.2) is 54.6 Å². The second-order valence-corrected chi connectivity index (χ2v) is 6.57. The Balaban J connectivity index is 1.61. The van der Waals surface area contributed by atoms with Crippen molar-refractivity contribution in [1.82, 2.24) is 4.90 Å². The summed E-state index contributed by atoms with van der Waals surface area (Å²) in [7, 11) is 0. The average molecular weight is 405 g/mol. The first-order valence-electron chi connectivity index (χ1n) is 9.32. The number of hydrogen-bond acceptors (Lipinski definition) is 6. The van der Waals surface area contributed by atoms with Gasteiger partial charge in [-0.15, -0.1) is 0 Å². The van der Waals surface area contributed by atoms with Crippen LogP contribution in [-0.4, -0.2) is 48.3 Å². The summed E-state index contributed by atoms with van der Waals surface area (Å²) in [5.74, 6) is -2.43. The number of nitriles is 1. The zero-order chi connectivity index (χ0) is 21.5. The second kappa shape index (κ2) is 9.47. The fourth-order valence-electron chi connectivity index (χ4n) is 3.12. The highest BCUT2D eigenvalue weighted by molar-refractivity contribution is 6.11. The number of nitrogens with zero attached hydrogens (tertiary/aromatic N) is 3. The zero-order valence-electron chi connectivity index (χ0n) is 16.1. The fraction of sp³-hybridized carbons (Fsp3) is 0.227. The van der Waals surface area contributed by atoms with Crippen molar-refractivity contribution in [1.29, 1.82) is 5.26 Å². The number of esters is 1. The fourth-order valence-corrected chi connectivity index (χ4v) is 3.12. The van der Waals surface area contributed by atoms with Crippen molar-refractivity contribution >= 4 is 29.4 Å². The molecule has 2 aromatic rings. The maximum absolute atomic E-state index is 12.5. The van der Waals surface area contributed by atoms with Crippen LogP contribution in [0, 0.1) is 11.3 Å². The van der Waals surface area contributed by atoms with Gasteiger partial charge in [0.1, 0.15) is 6.54 Å². The number of anilines is 1. The van der Waals surface area contributed by atoms with Gasteiger partial charge in [-0.25, -0.2) is 0 Å². The molecule has 0 fully saturated rings. The molecule has 0 radical (unpaired) electrons. The lowest BCUT2D eigenvalue weighted by molar-refractivity contribution is -0.150. The van der Waals surface area contributed by atoms with Crippen LogP contribution in [0.3, 0.4) is 0 Å². The minimum absolute atomic E-state index is 0.0179. The normalized spacial score (nSPS) is 12.7. The van der Waals surface area contributed by atoms with Gasteiger partial charge in [-0.3, -0.25) is 24.1 Å². The van der Waals surface area contributed by atoms with Gasteiger partial charge in [0.15, 0.2) is 6.61 Å². The van der Waals surface area contributed by atoms with Gasteiger partial charge in [0.25, 0.3) is 11.8 Å². The molecule has 30 heavy (non-hydrogen) atoms. The van der Waals surface area contributed by atoms with Gasteiger partial charge in [0, 0.05) is 17.8 Å². The van der Waals surface area contributed by atoms with Gasteiger partial charge >= 0.3 is 5.97 Å². The molecular formula is C22H19N3O5. The highest BCUT2D eigenvalue weighted by Gasteiger charge is 2.32. The molecule has 3 rings (SSSR count). The molecule has 2 aromatic carbocycles. The predicted molar refractivity (Wildman–Crippen MR) is 106 cm³/mol. The molecule has 0 N–H and O–H groups in total. The Morgan fingerprint density at radius 2 is 1.77 bits per heavy atom. The summed E-state index contributed by atoms with van der Waals surface area (Å²) in [5, 5.41) is 8.82. The Bertz CT molecular complexity index is 1010. The number of ether oxygens (including phenoxy) is 1. The van der Waals surface area contributed by atoms with E-state index in [1.807, 2.05) is 6.07 Å². The third-order valence-electron chi connectivity index (χ3n) is 4.60. The molecule has 3 amide bonds. The van der Waals surface area contributed by atoms with Crippen LogP contribution in [0.4, 0.5) is 5.69 Å². The molecule has 1 aliphatic rings. The van der Waals surface area contributed by atoms with E-state index in [1.165, 1.54) is 4.90 Å². The number of imide groups is 1. The van der Waals surface area contributed by atoms with E-state index in [2.05, 4.69) is 0 Å². The monoisotopic (exact) mass is 405 g/mol. The predicted octanol–water partition coefficient (Wildman–Crippen LogP) is 1.70. The highest BCUT2D eigenvalue weighted by Crippen LogP contribution is 2.19. The van der Waals surface area contributed by atoms with Gasteiger partial charge in [0.05, 0.1) is 18.9 Å². The van der Waals surface area contributed by atoms with Crippen LogP contribution in [0.25, 0.3) is 0 Å². The van der Waals surface area contributed by atoms with E-state index in [0.29, 0.717) is 16.8 Å². The molecule has 1 heterocycles. The smallest absolute Gasteiger partial charge is 0.326 e. The van der Waals surface area contributed by atoms with E-state index in [0.717, 1.165) is 4.90 Å². The summed E-state index contributed by atoms with van der Waals surface area (Å²) >= 11 is 0. The molecule has 0 saturated heterocycles. The molecule has 8 heteroatoms. The first-order valence-corrected chi connectivity index (χ1v) is 9.32. The van der Waals surface area contributed by atoms with Gasteiger partial charge in [-0.05, 0) is 23.8 Å². The van der Waals surface area contributed by atoms with E-state index in [4.69, 9.17) is 10.00 Å². The van der Waals surface area contributed by atoms with E-state index in [9.17, 15) is 19.2 Å². The standard InChI is InChI=1S/C22H19N3O5/c23-11-6-12-24(17-8-2-1-3-9-17)20(27)15-30-21(28)14-25-19(26)13-16-7-4-5-10-18(16)22(25)29/h1-5,7-10H,6,12-15H2. The Morgan fingerprint density at radius 1 is 1.07 bits per heavy atom. The summed E-state index contributed by atoms with van der Waals surface area (Å²) in [4.78, 5) is 51.7. The van der Waals surface area contributed by atoms with Crippen LogP contribution < -0.4 is 4.90 Å². The summed E-state index contributed by atoms with van der Waals surface area (Å²) in [6.07, 6.45) is 0.134. The Labute approximate surface area is 173 Å². The third-order valence-corrected chi connectivity index (χ3v) is 4.60. The lowest BCUT2D eigenvalue weighted by Crippen LogP contribution is -2.46. The Morgan fingerprint density at radius 3 is 2.50 bits per heavy atom. The maximum Gasteiger partial charge on any atom is 0.326 e. The number of fused-ring (bicyclic) bond motifs is 1. The van der Waals surface area contributed by atoms with Crippen molar-refractivity contribution in [2.45, 2.75) is 12.8 Å². The number of benzene rings is 2. The number of carbonyl (C=O) groups is 4. The Kier molecular flexibility index (Phi) is 6.55. The number of hydrogen-bond donors (Lipinski definition) is 0. The number of carbonyl (C=O) groups excluding carboxylic acids is 4. The summed E-state index contributed by atoms with van der Waals surface area (Å²) < 4.78 is 5.01. The summed E-state index contributed by atoms with van der Waals surface area (Å²) in [6, 6.07) is 17.4. The molecule has 0 spiro atoms. The molecule has 0 atom stereocenters. The molecule has 152 valence electrons. The minimum Gasteiger partial charge on any atom is -0.454 e. The van der Waals surface area contributed by atoms with Crippen LogP contribution in [0.1, 0.15) is 22.3 Å². The van der Waals surface area contributed by atoms with Crippen molar-refractivity contribution in [3.8, 4) is 6.07 Å². The van der Waals surface area contributed by atoms with Crippen LogP contribution in [0.2, 0.25) is 0 Å². The first kappa shape index (κ1) is 20.7. The summed E-state index contributed by atoms with van der Waals surface area (Å²) in [5.41, 5.74) is 1.56. The molecule has 1 aliphatic heterocycles. The van der Waals surface area contributed by atoms with Crippen molar-refractivity contribution < 1.29 is 23.9 Å². The molecule has 0 bridgehead atoms. The van der Waals surface area contributed by atoms with Crippen molar-refractivity contribution in [3.05, 3.63) is 65.7 Å². The third kappa shape index (κ3) is 4.70. The van der Waals surface area contributed by atoms with Gasteiger partial charge < -0.3 is 9.64 Å². The number of amides is 3. The largest absolute Gasteiger partial charge is 0.454 e. The molecule has 0 saturated carbocycles. The lowest BCUT2D eigenvalue weighted by Gasteiger charge is -2.26. The van der Waals surface area contributed by atoms with Gasteiger partial charge in [-0.1, -0.05) is 36.4 Å². The average Bonchev–Trinajstić information content (AvgIpc) is 2.76. The SMILES string of the molecule is N#CCCN(C(=O)COC(=O)CN1C(=O)Cc2ccccc2C1=O)c1ccccc1. The zero-order valence-corrected chi connectivity index (χ0v) is 16.1. The first-order chi connectivity index (χ1) is 14.5. The lowest BCUT2D eigenvalue weighted by atomic mass is 9.98. The minimum atomic E-state index is -0.863. The number of para-hydroxylation sites is 1. The molecular weight excluding hydrogens is 386 g/mol. The van der Waals surface area contributed by atoms with Crippen LogP contribution in [-0.2, 0) is 25.5 Å². The topological polar surface area (TPSA) is 108 Å². The molecule has 0 aromatic heterocycles. The number of rotatable bonds is 7. The highest BCUT2D eigenvalue weighted by atomic mass is 16.5. The molecule has 0 aliphatic carbocycles. The maximum atomic E-state index is 12.5. The quantitative estimate of drug-likeness (QED) is 0.513. The molecule has 0 unspecified atom stereocenters. The van der Waals surface area contributed by atoms with Gasteiger partial charge in [-0.2, -0.15) is 5.26 Å². The van der Waals surface area contributed by atoms with Crippen molar-refractivity contribution in [2.24, 2.45) is 0 Å². The van der Waals surface area contributed by atoms with E-state index in [1.54, 1.807) is 54.6 Å². The van der Waals surface area contributed by atoms with Crippen LogP contribution >= 0.6 is 0 Å². The van der Waals surface area contributed by atoms with Crippen molar-refractivity contribution in [3.63, 3.8) is 0 Å². The molecule has 8 nitrogen and oxygen atoms in total. The van der Waals surface area contributed by atoms with E-state index >= 15 is 0 Å². The van der Waals surface area contributed by atoms with E-state index in [-0.39, 0.29) is 19.4 Å². The Hall–Kier alpha value is -3.99. The summed E-state index contributed by atoms with van der Waals surface area (Å²) in [6.45, 7) is -0.981. The van der Waals surface area contributed by atoms with Gasteiger partial charge in [0.2, 0.25) is 5.91 Å². The van der Waals surface area contributed by atoms with Crippen LogP contribution in [0.5, 0.6) is 0 Å².